The molecule has 1 aliphatic heterocycles. The van der Waals surface area contributed by atoms with E-state index in [1.165, 1.54) is 6.33 Å². The summed E-state index contributed by atoms with van der Waals surface area (Å²) in [6.45, 7) is 4.76. The first-order valence-corrected chi connectivity index (χ1v) is 9.15. The smallest absolute Gasteiger partial charge is 0.434 e. The lowest BCUT2D eigenvalue weighted by Gasteiger charge is -2.15. The van der Waals surface area contributed by atoms with Gasteiger partial charge < -0.3 is 19.9 Å². The second-order valence-electron chi connectivity index (χ2n) is 6.58. The number of hydrogen-bond acceptors (Lipinski definition) is 7. The van der Waals surface area contributed by atoms with Gasteiger partial charge in [0.2, 0.25) is 0 Å². The van der Waals surface area contributed by atoms with Gasteiger partial charge in [-0.05, 0) is 30.9 Å². The van der Waals surface area contributed by atoms with E-state index in [0.29, 0.717) is 18.3 Å². The molecular formula is C18H26N4O4. The Morgan fingerprint density at radius 2 is 2.15 bits per heavy atom. The lowest BCUT2D eigenvalue weighted by molar-refractivity contribution is -0.0202. The van der Waals surface area contributed by atoms with E-state index in [2.05, 4.69) is 23.9 Å². The molecule has 0 bridgehead atoms. The van der Waals surface area contributed by atoms with Crippen molar-refractivity contribution in [2.75, 3.05) is 18.9 Å². The van der Waals surface area contributed by atoms with Gasteiger partial charge in [0.15, 0.2) is 5.82 Å². The van der Waals surface area contributed by atoms with Crippen LogP contribution in [0.3, 0.4) is 0 Å². The Balaban J connectivity index is 1.49. The Labute approximate surface area is 152 Å². The number of aromatic nitrogens is 3. The zero-order chi connectivity index (χ0) is 18.5. The van der Waals surface area contributed by atoms with Gasteiger partial charge in [-0.15, -0.1) is 0 Å². The highest BCUT2D eigenvalue weighted by Crippen LogP contribution is 2.33. The van der Waals surface area contributed by atoms with Crippen LogP contribution in [0.4, 0.5) is 10.6 Å². The maximum atomic E-state index is 11.7. The Bertz CT molecular complexity index is 744. The molecule has 8 nitrogen and oxygen atoms in total. The Kier molecular flexibility index (Phi) is 5.92. The number of ether oxygens (including phenoxy) is 3. The van der Waals surface area contributed by atoms with E-state index >= 15 is 0 Å². The first-order valence-electron chi connectivity index (χ1n) is 9.15. The van der Waals surface area contributed by atoms with Crippen molar-refractivity contribution in [3.63, 3.8) is 0 Å². The Morgan fingerprint density at radius 1 is 1.35 bits per heavy atom. The van der Waals surface area contributed by atoms with Gasteiger partial charge in [0.1, 0.15) is 24.6 Å². The summed E-state index contributed by atoms with van der Waals surface area (Å²) in [5.41, 5.74) is 7.55. The third-order valence-electron chi connectivity index (χ3n) is 4.93. The molecule has 2 aromatic rings. The van der Waals surface area contributed by atoms with E-state index in [9.17, 15) is 4.79 Å². The van der Waals surface area contributed by atoms with Crippen LogP contribution < -0.4 is 5.73 Å². The second-order valence-corrected chi connectivity index (χ2v) is 6.58. The van der Waals surface area contributed by atoms with Crippen LogP contribution in [0.25, 0.3) is 5.52 Å². The molecule has 2 unspecified atom stereocenters. The van der Waals surface area contributed by atoms with Gasteiger partial charge in [0.25, 0.3) is 0 Å². The van der Waals surface area contributed by atoms with Crippen molar-refractivity contribution in [3.8, 4) is 0 Å². The third-order valence-corrected chi connectivity index (χ3v) is 4.93. The number of anilines is 1. The summed E-state index contributed by atoms with van der Waals surface area (Å²) >= 11 is 0. The van der Waals surface area contributed by atoms with E-state index in [0.717, 1.165) is 36.9 Å². The van der Waals surface area contributed by atoms with E-state index < -0.39 is 6.16 Å². The van der Waals surface area contributed by atoms with Crippen LogP contribution in [-0.2, 0) is 14.2 Å². The maximum Gasteiger partial charge on any atom is 0.508 e. The second kappa shape index (κ2) is 8.35. The molecule has 1 saturated heterocycles. The van der Waals surface area contributed by atoms with Crippen molar-refractivity contribution in [3.05, 3.63) is 24.2 Å². The molecule has 26 heavy (non-hydrogen) atoms. The number of fused-ring (bicyclic) bond motifs is 1. The highest BCUT2D eigenvalue weighted by molar-refractivity contribution is 5.65. The molecule has 8 heteroatoms. The van der Waals surface area contributed by atoms with Crippen molar-refractivity contribution >= 4 is 17.5 Å². The largest absolute Gasteiger partial charge is 0.508 e. The van der Waals surface area contributed by atoms with Gasteiger partial charge in [0.05, 0.1) is 18.4 Å². The van der Waals surface area contributed by atoms with Crippen LogP contribution >= 0.6 is 0 Å². The fourth-order valence-electron chi connectivity index (χ4n) is 3.18. The first kappa shape index (κ1) is 18.4. The molecule has 1 aliphatic rings. The molecule has 3 heterocycles. The molecule has 2 N–H and O–H groups in total. The van der Waals surface area contributed by atoms with Crippen LogP contribution in [0, 0.1) is 5.92 Å². The van der Waals surface area contributed by atoms with Crippen molar-refractivity contribution in [2.24, 2.45) is 5.92 Å². The highest BCUT2D eigenvalue weighted by atomic mass is 16.7. The van der Waals surface area contributed by atoms with Crippen LogP contribution in [0.2, 0.25) is 0 Å². The molecule has 1 fully saturated rings. The molecule has 0 saturated carbocycles. The van der Waals surface area contributed by atoms with Crippen LogP contribution in [0.15, 0.2) is 18.5 Å². The lowest BCUT2D eigenvalue weighted by Crippen LogP contribution is -2.21. The van der Waals surface area contributed by atoms with Crippen molar-refractivity contribution in [2.45, 2.75) is 51.7 Å². The summed E-state index contributed by atoms with van der Waals surface area (Å²) in [4.78, 5) is 15.7. The SMILES string of the molecule is CCC(CC)COC(=O)OCC1CCC(c2ccc3c(N)ncnn23)O1. The average Bonchev–Trinajstić information content (AvgIpc) is 3.28. The normalized spacial score (nSPS) is 20.0. The van der Waals surface area contributed by atoms with Gasteiger partial charge in [-0.3, -0.25) is 0 Å². The monoisotopic (exact) mass is 362 g/mol. The number of nitrogens with two attached hydrogens (primary N) is 1. The molecule has 0 radical (unpaired) electrons. The lowest BCUT2D eigenvalue weighted by atomic mass is 10.1. The van der Waals surface area contributed by atoms with Crippen molar-refractivity contribution in [1.29, 1.82) is 0 Å². The molecular weight excluding hydrogens is 336 g/mol. The molecule has 2 aromatic heterocycles. The predicted molar refractivity (Wildman–Crippen MR) is 95.6 cm³/mol. The fourth-order valence-corrected chi connectivity index (χ4v) is 3.18. The topological polar surface area (TPSA) is 101 Å². The number of hydrogen-bond donors (Lipinski definition) is 1. The number of carbonyl (C=O) groups excluding carboxylic acids is 1. The minimum absolute atomic E-state index is 0.110. The number of nitrogen functional groups attached to an aromatic ring is 1. The van der Waals surface area contributed by atoms with E-state index in [-0.39, 0.29) is 18.8 Å². The number of carbonyl (C=O) groups is 1. The van der Waals surface area contributed by atoms with Gasteiger partial charge in [-0.1, -0.05) is 26.7 Å². The van der Waals surface area contributed by atoms with Crippen LogP contribution in [-0.4, -0.2) is 40.1 Å². The summed E-state index contributed by atoms with van der Waals surface area (Å²) in [7, 11) is 0. The van der Waals surface area contributed by atoms with Gasteiger partial charge >= 0.3 is 6.16 Å². The molecule has 0 spiro atoms. The Morgan fingerprint density at radius 3 is 2.92 bits per heavy atom. The first-order chi connectivity index (χ1) is 12.6. The summed E-state index contributed by atoms with van der Waals surface area (Å²) in [6, 6.07) is 3.82. The minimum atomic E-state index is -0.627. The summed E-state index contributed by atoms with van der Waals surface area (Å²) in [6.07, 6.45) is 4.14. The summed E-state index contributed by atoms with van der Waals surface area (Å²) in [5, 5.41) is 4.24. The minimum Gasteiger partial charge on any atom is -0.434 e. The van der Waals surface area contributed by atoms with E-state index in [1.54, 1.807) is 4.52 Å². The molecule has 2 atom stereocenters. The quantitative estimate of drug-likeness (QED) is 0.755. The van der Waals surface area contributed by atoms with E-state index in [4.69, 9.17) is 19.9 Å². The summed E-state index contributed by atoms with van der Waals surface area (Å²) in [5.74, 6) is 0.816. The third kappa shape index (κ3) is 4.07. The standard InChI is InChI=1S/C18H26N4O4/c1-3-12(4-2)9-24-18(23)25-10-13-5-8-16(26-13)14-6-7-15-17(19)20-11-21-22(14)15/h6-7,11-13,16H,3-5,8-10H2,1-2H3,(H2,19,20,21). The van der Waals surface area contributed by atoms with Crippen molar-refractivity contribution < 1.29 is 19.0 Å². The van der Waals surface area contributed by atoms with Gasteiger partial charge in [0, 0.05) is 0 Å². The average molecular weight is 362 g/mol. The van der Waals surface area contributed by atoms with Crippen LogP contribution in [0.1, 0.15) is 51.3 Å². The van der Waals surface area contributed by atoms with E-state index in [1.807, 2.05) is 12.1 Å². The maximum absolute atomic E-state index is 11.7. The highest BCUT2D eigenvalue weighted by Gasteiger charge is 2.30. The van der Waals surface area contributed by atoms with Crippen molar-refractivity contribution in [1.82, 2.24) is 14.6 Å². The number of rotatable bonds is 7. The fraction of sp³-hybridized carbons (Fsp3) is 0.611. The number of nitrogens with zero attached hydrogens (tertiary/aromatic N) is 3. The van der Waals surface area contributed by atoms with Gasteiger partial charge in [-0.25, -0.2) is 14.3 Å². The van der Waals surface area contributed by atoms with Gasteiger partial charge in [-0.2, -0.15) is 5.10 Å². The zero-order valence-corrected chi connectivity index (χ0v) is 15.3. The van der Waals surface area contributed by atoms with Crippen LogP contribution in [0.5, 0.6) is 0 Å². The molecule has 0 aliphatic carbocycles. The molecule has 142 valence electrons. The Hall–Kier alpha value is -2.35. The molecule has 3 rings (SSSR count). The zero-order valence-electron chi connectivity index (χ0n) is 15.3. The molecule has 0 amide bonds. The predicted octanol–water partition coefficient (Wildman–Crippen LogP) is 3.12. The summed E-state index contributed by atoms with van der Waals surface area (Å²) < 4.78 is 18.1. The molecule has 0 aromatic carbocycles.